The van der Waals surface area contributed by atoms with Crippen LogP contribution in [0.5, 0.6) is 5.75 Å². The average molecular weight is 449 g/mol. The maximum Gasteiger partial charge on any atom is 0.332 e. The molecule has 2 heterocycles. The van der Waals surface area contributed by atoms with Gasteiger partial charge < -0.3 is 14.7 Å². The number of rotatable bonds is 9. The fraction of sp³-hybridized carbons (Fsp3) is 0.444. The van der Waals surface area contributed by atoms with E-state index in [1.54, 1.807) is 18.5 Å². The van der Waals surface area contributed by atoms with Gasteiger partial charge in [0.25, 0.3) is 0 Å². The molecule has 2 fully saturated rings. The normalized spacial score (nSPS) is 20.4. The standard InChI is InChI=1S/C27H32N2O4/c30-26(29-18-22-5-1-2-6-23(22)19-29)17-24(27(31)32)16-21-7-9-25(10-8-21)33-15-3-4-20-11-13-28-14-12-20/h7-14,16,22-23H,1-6,15,17-19H2,(H,31,32)/b24-16+/t22-,23+. The number of pyridine rings is 1. The molecule has 0 unspecified atom stereocenters. The van der Waals surface area contributed by atoms with Crippen molar-refractivity contribution in [3.05, 3.63) is 65.5 Å². The first-order valence-corrected chi connectivity index (χ1v) is 11.9. The number of aliphatic carboxylic acids is 1. The second-order valence-electron chi connectivity index (χ2n) is 9.13. The minimum atomic E-state index is -1.04. The summed E-state index contributed by atoms with van der Waals surface area (Å²) in [6.07, 6.45) is 11.8. The number of amides is 1. The molecule has 1 saturated heterocycles. The number of likely N-dealkylation sites (tertiary alicyclic amines) is 1. The second kappa shape index (κ2) is 11.1. The molecule has 1 aliphatic heterocycles. The van der Waals surface area contributed by atoms with Crippen molar-refractivity contribution in [2.75, 3.05) is 19.7 Å². The lowest BCUT2D eigenvalue weighted by Crippen LogP contribution is -2.29. The Balaban J connectivity index is 1.29. The summed E-state index contributed by atoms with van der Waals surface area (Å²) in [6.45, 7) is 2.16. The quantitative estimate of drug-likeness (QED) is 0.448. The van der Waals surface area contributed by atoms with Gasteiger partial charge in [-0.25, -0.2) is 4.79 Å². The molecule has 6 nitrogen and oxygen atoms in total. The van der Waals surface area contributed by atoms with Gasteiger partial charge >= 0.3 is 5.97 Å². The van der Waals surface area contributed by atoms with Gasteiger partial charge in [-0.2, -0.15) is 0 Å². The highest BCUT2D eigenvalue weighted by molar-refractivity contribution is 5.98. The molecule has 1 aromatic heterocycles. The third-order valence-electron chi connectivity index (χ3n) is 6.79. The van der Waals surface area contributed by atoms with E-state index in [9.17, 15) is 14.7 Å². The van der Waals surface area contributed by atoms with Gasteiger partial charge in [0.15, 0.2) is 0 Å². The summed E-state index contributed by atoms with van der Waals surface area (Å²) < 4.78 is 5.80. The van der Waals surface area contributed by atoms with E-state index in [0.29, 0.717) is 18.4 Å². The fourth-order valence-electron chi connectivity index (χ4n) is 4.95. The minimum absolute atomic E-state index is 0.0674. The van der Waals surface area contributed by atoms with Crippen molar-refractivity contribution in [1.82, 2.24) is 9.88 Å². The predicted molar refractivity (Wildman–Crippen MR) is 127 cm³/mol. The first-order chi connectivity index (χ1) is 16.1. The van der Waals surface area contributed by atoms with Crippen LogP contribution in [0.2, 0.25) is 0 Å². The van der Waals surface area contributed by atoms with Crippen LogP contribution in [0, 0.1) is 11.8 Å². The molecule has 1 aliphatic carbocycles. The summed E-state index contributed by atoms with van der Waals surface area (Å²) in [5.41, 5.74) is 2.11. The Hall–Kier alpha value is -3.15. The molecule has 1 N–H and O–H groups in total. The van der Waals surface area contributed by atoms with Crippen LogP contribution in [0.15, 0.2) is 54.4 Å². The highest BCUT2D eigenvalue weighted by Crippen LogP contribution is 2.36. The van der Waals surface area contributed by atoms with E-state index in [1.807, 2.05) is 41.3 Å². The maximum atomic E-state index is 12.8. The monoisotopic (exact) mass is 448 g/mol. The number of carboxylic acids is 1. The number of carbonyl (C=O) groups is 2. The number of carbonyl (C=O) groups excluding carboxylic acids is 1. The summed E-state index contributed by atoms with van der Waals surface area (Å²) >= 11 is 0. The van der Waals surface area contributed by atoms with Crippen molar-refractivity contribution in [3.63, 3.8) is 0 Å². The van der Waals surface area contributed by atoms with Crippen molar-refractivity contribution in [2.24, 2.45) is 11.8 Å². The van der Waals surface area contributed by atoms with Crippen LogP contribution in [0.25, 0.3) is 6.08 Å². The zero-order chi connectivity index (χ0) is 23.0. The smallest absolute Gasteiger partial charge is 0.332 e. The SMILES string of the molecule is O=C(O)/C(=C/c1ccc(OCCCc2ccncc2)cc1)CC(=O)N1C[C@H]2CCCC[C@H]2C1. The van der Waals surface area contributed by atoms with Crippen LogP contribution in [-0.2, 0) is 16.0 Å². The lowest BCUT2D eigenvalue weighted by atomic mass is 9.82. The lowest BCUT2D eigenvalue weighted by Gasteiger charge is -2.22. The van der Waals surface area contributed by atoms with Crippen molar-refractivity contribution >= 4 is 18.0 Å². The van der Waals surface area contributed by atoms with Gasteiger partial charge in [0.05, 0.1) is 13.0 Å². The second-order valence-corrected chi connectivity index (χ2v) is 9.13. The summed E-state index contributed by atoms with van der Waals surface area (Å²) in [7, 11) is 0. The molecule has 6 heteroatoms. The Bertz CT molecular complexity index is 957. The summed E-state index contributed by atoms with van der Waals surface area (Å²) in [6, 6.07) is 11.3. The van der Waals surface area contributed by atoms with Gasteiger partial charge in [0.1, 0.15) is 5.75 Å². The average Bonchev–Trinajstić information content (AvgIpc) is 3.27. The third kappa shape index (κ3) is 6.44. The zero-order valence-electron chi connectivity index (χ0n) is 19.0. The first-order valence-electron chi connectivity index (χ1n) is 11.9. The summed E-state index contributed by atoms with van der Waals surface area (Å²) in [5.74, 6) is 0.813. The molecule has 1 amide bonds. The fourth-order valence-corrected chi connectivity index (χ4v) is 4.95. The van der Waals surface area contributed by atoms with Gasteiger partial charge in [-0.05, 0) is 79.0 Å². The molecule has 174 valence electrons. The summed E-state index contributed by atoms with van der Waals surface area (Å²) in [5, 5.41) is 9.66. The molecule has 0 spiro atoms. The summed E-state index contributed by atoms with van der Waals surface area (Å²) in [4.78, 5) is 30.5. The van der Waals surface area contributed by atoms with Crippen LogP contribution in [-0.4, -0.2) is 46.6 Å². The van der Waals surface area contributed by atoms with E-state index in [4.69, 9.17) is 4.74 Å². The van der Waals surface area contributed by atoms with Gasteiger partial charge in [-0.1, -0.05) is 25.0 Å². The number of carboxylic acid groups (broad SMARTS) is 1. The largest absolute Gasteiger partial charge is 0.494 e. The molecule has 1 aromatic carbocycles. The molecule has 33 heavy (non-hydrogen) atoms. The van der Waals surface area contributed by atoms with Crippen molar-refractivity contribution in [1.29, 1.82) is 0 Å². The van der Waals surface area contributed by atoms with Crippen LogP contribution in [0.1, 0.15) is 49.7 Å². The van der Waals surface area contributed by atoms with Crippen LogP contribution >= 0.6 is 0 Å². The van der Waals surface area contributed by atoms with E-state index in [2.05, 4.69) is 4.98 Å². The van der Waals surface area contributed by atoms with Gasteiger partial charge in [-0.3, -0.25) is 9.78 Å². The number of fused-ring (bicyclic) bond motifs is 1. The number of benzene rings is 1. The third-order valence-corrected chi connectivity index (χ3v) is 6.79. The predicted octanol–water partition coefficient (Wildman–Crippen LogP) is 4.60. The molecule has 0 radical (unpaired) electrons. The number of hydrogen-bond donors (Lipinski definition) is 1. The van der Waals surface area contributed by atoms with Crippen LogP contribution < -0.4 is 4.74 Å². The van der Waals surface area contributed by atoms with Crippen molar-refractivity contribution in [2.45, 2.75) is 44.9 Å². The first kappa shape index (κ1) is 23.0. The number of ether oxygens (including phenoxy) is 1. The Labute approximate surface area is 195 Å². The van der Waals surface area contributed by atoms with E-state index in [0.717, 1.165) is 37.2 Å². The van der Waals surface area contributed by atoms with Gasteiger partial charge in [0, 0.05) is 31.1 Å². The maximum absolute atomic E-state index is 12.8. The highest BCUT2D eigenvalue weighted by Gasteiger charge is 2.36. The molecule has 0 bridgehead atoms. The van der Waals surface area contributed by atoms with Gasteiger partial charge in [0.2, 0.25) is 5.91 Å². The Morgan fingerprint density at radius 2 is 1.70 bits per heavy atom. The van der Waals surface area contributed by atoms with E-state index >= 15 is 0 Å². The molecular weight excluding hydrogens is 416 g/mol. The lowest BCUT2D eigenvalue weighted by molar-refractivity contribution is -0.136. The van der Waals surface area contributed by atoms with Crippen molar-refractivity contribution < 1.29 is 19.4 Å². The zero-order valence-corrected chi connectivity index (χ0v) is 19.0. The van der Waals surface area contributed by atoms with E-state index < -0.39 is 5.97 Å². The molecule has 2 atom stereocenters. The van der Waals surface area contributed by atoms with E-state index in [1.165, 1.54) is 31.2 Å². The Kier molecular flexibility index (Phi) is 7.76. The highest BCUT2D eigenvalue weighted by atomic mass is 16.5. The van der Waals surface area contributed by atoms with Gasteiger partial charge in [-0.15, -0.1) is 0 Å². The van der Waals surface area contributed by atoms with Crippen LogP contribution in [0.3, 0.4) is 0 Å². The van der Waals surface area contributed by atoms with Crippen LogP contribution in [0.4, 0.5) is 0 Å². The number of aryl methyl sites for hydroxylation is 1. The van der Waals surface area contributed by atoms with E-state index in [-0.39, 0.29) is 17.9 Å². The minimum Gasteiger partial charge on any atom is -0.494 e. The molecule has 1 saturated carbocycles. The molecule has 4 rings (SSSR count). The molecular formula is C27H32N2O4. The topological polar surface area (TPSA) is 79.7 Å². The molecule has 2 aromatic rings. The van der Waals surface area contributed by atoms with Crippen molar-refractivity contribution in [3.8, 4) is 5.75 Å². The molecule has 2 aliphatic rings. The number of nitrogens with zero attached hydrogens (tertiary/aromatic N) is 2. The Morgan fingerprint density at radius 3 is 2.33 bits per heavy atom. The number of hydrogen-bond acceptors (Lipinski definition) is 4. The number of aromatic nitrogens is 1. The Morgan fingerprint density at radius 1 is 1.03 bits per heavy atom.